The predicted molar refractivity (Wildman–Crippen MR) is 101 cm³/mol. The van der Waals surface area contributed by atoms with E-state index in [1.54, 1.807) is 24.3 Å². The lowest BCUT2D eigenvalue weighted by Crippen LogP contribution is -2.43. The molecular weight excluding hydrogens is 398 g/mol. The summed E-state index contributed by atoms with van der Waals surface area (Å²) < 4.78 is 31.8. The standard InChI is InChI=1S/C21H18F2N2O5/c1-12(20(28)24-17-11-14(22)6-7-16(17)23)30-19(27)8-9-25-18(26)10-13-4-2-3-5-15(13)21(25)29/h2-7,11-12H,8-10H2,1H3,(H,24,28)/t12-/m0/s1. The van der Waals surface area contributed by atoms with Crippen LogP contribution in [-0.2, 0) is 25.5 Å². The van der Waals surface area contributed by atoms with Gasteiger partial charge in [-0.1, -0.05) is 18.2 Å². The van der Waals surface area contributed by atoms with Gasteiger partial charge in [0.25, 0.3) is 11.8 Å². The number of imide groups is 1. The number of benzene rings is 2. The first-order valence-corrected chi connectivity index (χ1v) is 9.14. The Morgan fingerprint density at radius 1 is 1.17 bits per heavy atom. The lowest BCUT2D eigenvalue weighted by molar-refractivity contribution is -0.153. The van der Waals surface area contributed by atoms with Crippen molar-refractivity contribution in [2.75, 3.05) is 11.9 Å². The molecule has 2 aromatic rings. The molecule has 1 aliphatic heterocycles. The number of hydrogen-bond acceptors (Lipinski definition) is 5. The second kappa shape index (κ2) is 8.81. The molecule has 0 unspecified atom stereocenters. The third-order valence-corrected chi connectivity index (χ3v) is 4.54. The Morgan fingerprint density at radius 2 is 1.90 bits per heavy atom. The van der Waals surface area contributed by atoms with Crippen LogP contribution in [0.5, 0.6) is 0 Å². The Bertz CT molecular complexity index is 1020. The molecule has 0 fully saturated rings. The van der Waals surface area contributed by atoms with E-state index in [0.29, 0.717) is 11.1 Å². The minimum atomic E-state index is -1.30. The summed E-state index contributed by atoms with van der Waals surface area (Å²) in [4.78, 5) is 49.7. The first-order chi connectivity index (χ1) is 14.3. The summed E-state index contributed by atoms with van der Waals surface area (Å²) in [5.74, 6) is -4.19. The van der Waals surface area contributed by atoms with Crippen molar-refractivity contribution in [3.8, 4) is 0 Å². The summed E-state index contributed by atoms with van der Waals surface area (Å²) in [5, 5.41) is 2.14. The number of ether oxygens (including phenoxy) is 1. The summed E-state index contributed by atoms with van der Waals surface area (Å²) in [6, 6.07) is 9.26. The van der Waals surface area contributed by atoms with Crippen LogP contribution >= 0.6 is 0 Å². The number of amides is 3. The van der Waals surface area contributed by atoms with Crippen molar-refractivity contribution in [3.63, 3.8) is 0 Å². The molecule has 3 amide bonds. The molecular formula is C21H18F2N2O5. The largest absolute Gasteiger partial charge is 0.452 e. The first kappa shape index (κ1) is 21.1. The number of halogens is 2. The molecule has 0 saturated heterocycles. The van der Waals surface area contributed by atoms with Crippen LogP contribution in [0.3, 0.4) is 0 Å². The first-order valence-electron chi connectivity index (χ1n) is 9.14. The van der Waals surface area contributed by atoms with Crippen molar-refractivity contribution in [1.29, 1.82) is 0 Å². The summed E-state index contributed by atoms with van der Waals surface area (Å²) in [6.45, 7) is 1.07. The van der Waals surface area contributed by atoms with Gasteiger partial charge < -0.3 is 10.1 Å². The van der Waals surface area contributed by atoms with Crippen LogP contribution in [0, 0.1) is 11.6 Å². The molecule has 9 heteroatoms. The third-order valence-electron chi connectivity index (χ3n) is 4.54. The quantitative estimate of drug-likeness (QED) is 0.577. The van der Waals surface area contributed by atoms with Crippen molar-refractivity contribution in [2.45, 2.75) is 25.9 Å². The summed E-state index contributed by atoms with van der Waals surface area (Å²) >= 11 is 0. The maximum atomic E-state index is 13.6. The van der Waals surface area contributed by atoms with E-state index in [0.717, 1.165) is 23.1 Å². The van der Waals surface area contributed by atoms with Gasteiger partial charge in [0, 0.05) is 18.2 Å². The van der Waals surface area contributed by atoms with E-state index in [1.807, 2.05) is 0 Å². The number of fused-ring (bicyclic) bond motifs is 1. The summed E-state index contributed by atoms with van der Waals surface area (Å²) in [6.07, 6.45) is -1.56. The minimum absolute atomic E-state index is 0.0506. The monoisotopic (exact) mass is 416 g/mol. The molecule has 0 saturated carbocycles. The fourth-order valence-electron chi connectivity index (χ4n) is 2.97. The Labute approximate surface area is 170 Å². The number of esters is 1. The van der Waals surface area contributed by atoms with Gasteiger partial charge in [-0.2, -0.15) is 0 Å². The topological polar surface area (TPSA) is 92.8 Å². The minimum Gasteiger partial charge on any atom is -0.452 e. The van der Waals surface area contributed by atoms with E-state index < -0.39 is 41.4 Å². The van der Waals surface area contributed by atoms with Crippen LogP contribution in [0.2, 0.25) is 0 Å². The maximum Gasteiger partial charge on any atom is 0.308 e. The van der Waals surface area contributed by atoms with Crippen LogP contribution in [0.4, 0.5) is 14.5 Å². The van der Waals surface area contributed by atoms with Gasteiger partial charge in [-0.25, -0.2) is 8.78 Å². The molecule has 0 aliphatic carbocycles. The highest BCUT2D eigenvalue weighted by molar-refractivity contribution is 6.09. The van der Waals surface area contributed by atoms with Crippen molar-refractivity contribution in [3.05, 3.63) is 65.2 Å². The normalized spacial score (nSPS) is 14.2. The molecule has 1 N–H and O–H groups in total. The zero-order valence-electron chi connectivity index (χ0n) is 16.0. The van der Waals surface area contributed by atoms with E-state index in [2.05, 4.69) is 5.32 Å². The highest BCUT2D eigenvalue weighted by Gasteiger charge is 2.31. The van der Waals surface area contributed by atoms with Gasteiger partial charge in [0.1, 0.15) is 11.6 Å². The smallest absolute Gasteiger partial charge is 0.308 e. The van der Waals surface area contributed by atoms with Gasteiger partial charge in [-0.05, 0) is 30.7 Å². The molecule has 0 aromatic heterocycles. The Balaban J connectivity index is 1.54. The molecule has 156 valence electrons. The predicted octanol–water partition coefficient (Wildman–Crippen LogP) is 2.45. The third kappa shape index (κ3) is 4.68. The lowest BCUT2D eigenvalue weighted by atomic mass is 9.98. The molecule has 3 rings (SSSR count). The zero-order valence-corrected chi connectivity index (χ0v) is 16.0. The van der Waals surface area contributed by atoms with Crippen molar-refractivity contribution in [2.24, 2.45) is 0 Å². The number of hydrogen-bond donors (Lipinski definition) is 1. The second-order valence-corrected chi connectivity index (χ2v) is 6.68. The molecule has 0 spiro atoms. The molecule has 1 aliphatic rings. The number of nitrogens with zero attached hydrogens (tertiary/aromatic N) is 1. The zero-order chi connectivity index (χ0) is 21.8. The van der Waals surface area contributed by atoms with Crippen LogP contribution in [0.15, 0.2) is 42.5 Å². The molecule has 0 radical (unpaired) electrons. The lowest BCUT2D eigenvalue weighted by Gasteiger charge is -2.26. The van der Waals surface area contributed by atoms with Crippen LogP contribution < -0.4 is 5.32 Å². The van der Waals surface area contributed by atoms with Gasteiger partial charge >= 0.3 is 5.97 Å². The van der Waals surface area contributed by atoms with E-state index in [9.17, 15) is 28.0 Å². The van der Waals surface area contributed by atoms with Crippen LogP contribution in [0.25, 0.3) is 0 Å². The Kier molecular flexibility index (Phi) is 6.20. The highest BCUT2D eigenvalue weighted by atomic mass is 19.1. The Hall–Kier alpha value is -3.62. The van der Waals surface area contributed by atoms with Crippen molar-refractivity contribution < 1.29 is 32.7 Å². The molecule has 30 heavy (non-hydrogen) atoms. The fourth-order valence-corrected chi connectivity index (χ4v) is 2.97. The average molecular weight is 416 g/mol. The van der Waals surface area contributed by atoms with Crippen LogP contribution in [0.1, 0.15) is 29.3 Å². The average Bonchev–Trinajstić information content (AvgIpc) is 2.70. The molecule has 2 aromatic carbocycles. The number of rotatable bonds is 6. The van der Waals surface area contributed by atoms with Crippen molar-refractivity contribution >= 4 is 29.4 Å². The molecule has 1 atom stereocenters. The number of carbonyl (C=O) groups excluding carboxylic acids is 4. The van der Waals surface area contributed by atoms with Crippen LogP contribution in [-0.4, -0.2) is 41.2 Å². The molecule has 1 heterocycles. The van der Waals surface area contributed by atoms with E-state index in [4.69, 9.17) is 4.74 Å². The van der Waals surface area contributed by atoms with Gasteiger partial charge in [0.05, 0.1) is 18.5 Å². The Morgan fingerprint density at radius 3 is 2.67 bits per heavy atom. The number of carbonyl (C=O) groups is 4. The van der Waals surface area contributed by atoms with Gasteiger partial charge in [0.2, 0.25) is 5.91 Å². The highest BCUT2D eigenvalue weighted by Crippen LogP contribution is 2.20. The van der Waals surface area contributed by atoms with Crippen molar-refractivity contribution in [1.82, 2.24) is 4.90 Å². The van der Waals surface area contributed by atoms with E-state index >= 15 is 0 Å². The number of nitrogens with one attached hydrogen (secondary N) is 1. The van der Waals surface area contributed by atoms with E-state index in [-0.39, 0.29) is 25.1 Å². The van der Waals surface area contributed by atoms with Gasteiger partial charge in [-0.3, -0.25) is 24.1 Å². The second-order valence-electron chi connectivity index (χ2n) is 6.68. The SMILES string of the molecule is C[C@H](OC(=O)CCN1C(=O)Cc2ccccc2C1=O)C(=O)Nc1cc(F)ccc1F. The summed E-state index contributed by atoms with van der Waals surface area (Å²) in [5.41, 5.74) is 0.641. The molecule has 7 nitrogen and oxygen atoms in total. The van der Waals surface area contributed by atoms with Gasteiger partial charge in [0.15, 0.2) is 6.10 Å². The summed E-state index contributed by atoms with van der Waals surface area (Å²) in [7, 11) is 0. The van der Waals surface area contributed by atoms with Gasteiger partial charge in [-0.15, -0.1) is 0 Å². The fraction of sp³-hybridized carbons (Fsp3) is 0.238. The molecule has 0 bridgehead atoms. The van der Waals surface area contributed by atoms with E-state index in [1.165, 1.54) is 6.92 Å². The maximum absolute atomic E-state index is 13.6. The number of anilines is 1.